The van der Waals surface area contributed by atoms with Crippen molar-refractivity contribution in [3.8, 4) is 0 Å². The molecule has 0 fully saturated rings. The van der Waals surface area contributed by atoms with Crippen molar-refractivity contribution < 1.29 is 0 Å². The summed E-state index contributed by atoms with van der Waals surface area (Å²) in [4.78, 5) is 4.12. The monoisotopic (exact) mass is 237 g/mol. The van der Waals surface area contributed by atoms with Crippen LogP contribution in [0.25, 0.3) is 0 Å². The Bertz CT molecular complexity index is 520. The minimum atomic E-state index is 0.451. The van der Waals surface area contributed by atoms with Crippen LogP contribution in [0.3, 0.4) is 0 Å². The number of anilines is 3. The SMILES string of the molecule is Cc1cc(Nc2cc(N)c(Cl)cn2)n(C)n1. The molecule has 0 atom stereocenters. The van der Waals surface area contributed by atoms with Crippen molar-refractivity contribution in [1.29, 1.82) is 0 Å². The lowest BCUT2D eigenvalue weighted by molar-refractivity contribution is 0.764. The molecule has 2 aromatic rings. The Morgan fingerprint density at radius 1 is 1.44 bits per heavy atom. The van der Waals surface area contributed by atoms with Crippen molar-refractivity contribution in [3.05, 3.63) is 29.0 Å². The van der Waals surface area contributed by atoms with E-state index in [-0.39, 0.29) is 0 Å². The van der Waals surface area contributed by atoms with Gasteiger partial charge in [0.25, 0.3) is 0 Å². The van der Waals surface area contributed by atoms with Crippen LogP contribution >= 0.6 is 11.6 Å². The van der Waals surface area contributed by atoms with Gasteiger partial charge < -0.3 is 11.1 Å². The van der Waals surface area contributed by atoms with Gasteiger partial charge in [-0.2, -0.15) is 5.10 Å². The summed E-state index contributed by atoms with van der Waals surface area (Å²) in [6.07, 6.45) is 1.52. The summed E-state index contributed by atoms with van der Waals surface area (Å²) in [7, 11) is 1.86. The van der Waals surface area contributed by atoms with Crippen LogP contribution in [0.5, 0.6) is 0 Å². The molecular weight excluding hydrogens is 226 g/mol. The highest BCUT2D eigenvalue weighted by molar-refractivity contribution is 6.32. The molecule has 3 N–H and O–H groups in total. The summed E-state index contributed by atoms with van der Waals surface area (Å²) in [5.74, 6) is 1.50. The van der Waals surface area contributed by atoms with E-state index in [1.165, 1.54) is 6.20 Å². The van der Waals surface area contributed by atoms with Gasteiger partial charge in [0.1, 0.15) is 11.6 Å². The minimum Gasteiger partial charge on any atom is -0.397 e. The molecular formula is C10H12ClN5. The van der Waals surface area contributed by atoms with E-state index >= 15 is 0 Å². The van der Waals surface area contributed by atoms with E-state index in [0.29, 0.717) is 16.5 Å². The lowest BCUT2D eigenvalue weighted by Gasteiger charge is -2.06. The summed E-state index contributed by atoms with van der Waals surface area (Å²) >= 11 is 5.79. The number of rotatable bonds is 2. The number of halogens is 1. The fourth-order valence-corrected chi connectivity index (χ4v) is 1.48. The van der Waals surface area contributed by atoms with Gasteiger partial charge in [0.2, 0.25) is 0 Å². The van der Waals surface area contributed by atoms with Crippen molar-refractivity contribution in [1.82, 2.24) is 14.8 Å². The van der Waals surface area contributed by atoms with Gasteiger partial charge in [0, 0.05) is 25.4 Å². The van der Waals surface area contributed by atoms with E-state index in [1.54, 1.807) is 10.7 Å². The van der Waals surface area contributed by atoms with Gasteiger partial charge >= 0.3 is 0 Å². The first-order valence-corrected chi connectivity index (χ1v) is 5.13. The van der Waals surface area contributed by atoms with E-state index in [2.05, 4.69) is 15.4 Å². The molecule has 0 unspecified atom stereocenters. The fraction of sp³-hybridized carbons (Fsp3) is 0.200. The van der Waals surface area contributed by atoms with Crippen molar-refractivity contribution in [2.45, 2.75) is 6.92 Å². The average Bonchev–Trinajstić information content (AvgIpc) is 2.51. The average molecular weight is 238 g/mol. The molecule has 0 aliphatic carbocycles. The van der Waals surface area contributed by atoms with Gasteiger partial charge in [-0.3, -0.25) is 4.68 Å². The number of nitrogens with one attached hydrogen (secondary N) is 1. The second kappa shape index (κ2) is 4.02. The first-order valence-electron chi connectivity index (χ1n) is 4.75. The molecule has 0 bridgehead atoms. The number of aryl methyl sites for hydroxylation is 2. The fourth-order valence-electron chi connectivity index (χ4n) is 1.38. The van der Waals surface area contributed by atoms with Crippen LogP contribution in [0.15, 0.2) is 18.3 Å². The molecule has 5 nitrogen and oxygen atoms in total. The number of pyridine rings is 1. The molecule has 0 aliphatic heterocycles. The molecule has 0 spiro atoms. The van der Waals surface area contributed by atoms with E-state index < -0.39 is 0 Å². The van der Waals surface area contributed by atoms with Gasteiger partial charge in [-0.25, -0.2) is 4.98 Å². The van der Waals surface area contributed by atoms with Gasteiger partial charge in [-0.15, -0.1) is 0 Å². The maximum Gasteiger partial charge on any atom is 0.133 e. The standard InChI is InChI=1S/C10H12ClN5/c1-6-3-10(16(2)15-6)14-9-4-8(12)7(11)5-13-9/h3-5H,1-2H3,(H3,12,13,14). The molecule has 0 radical (unpaired) electrons. The lowest BCUT2D eigenvalue weighted by atomic mass is 10.4. The largest absolute Gasteiger partial charge is 0.397 e. The van der Waals surface area contributed by atoms with E-state index in [0.717, 1.165) is 11.5 Å². The molecule has 2 aromatic heterocycles. The van der Waals surface area contributed by atoms with Crippen molar-refractivity contribution in [3.63, 3.8) is 0 Å². The third kappa shape index (κ3) is 2.09. The normalized spacial score (nSPS) is 10.4. The molecule has 0 aromatic carbocycles. The van der Waals surface area contributed by atoms with E-state index in [9.17, 15) is 0 Å². The molecule has 0 aliphatic rings. The Balaban J connectivity index is 2.27. The van der Waals surface area contributed by atoms with Crippen LogP contribution in [-0.4, -0.2) is 14.8 Å². The Labute approximate surface area is 98.2 Å². The summed E-state index contributed by atoms with van der Waals surface area (Å²) in [5.41, 5.74) is 7.12. The van der Waals surface area contributed by atoms with Crippen LogP contribution in [0.2, 0.25) is 5.02 Å². The number of nitrogens with zero attached hydrogens (tertiary/aromatic N) is 3. The number of hydrogen-bond donors (Lipinski definition) is 2. The molecule has 6 heteroatoms. The highest BCUT2D eigenvalue weighted by Gasteiger charge is 2.04. The zero-order chi connectivity index (χ0) is 11.7. The highest BCUT2D eigenvalue weighted by Crippen LogP contribution is 2.22. The lowest BCUT2D eigenvalue weighted by Crippen LogP contribution is -2.01. The van der Waals surface area contributed by atoms with Crippen LogP contribution < -0.4 is 11.1 Å². The maximum atomic E-state index is 5.79. The van der Waals surface area contributed by atoms with Crippen molar-refractivity contribution in [2.75, 3.05) is 11.1 Å². The summed E-state index contributed by atoms with van der Waals surface area (Å²) < 4.78 is 1.74. The molecule has 16 heavy (non-hydrogen) atoms. The molecule has 84 valence electrons. The first-order chi connectivity index (χ1) is 7.56. The quantitative estimate of drug-likeness (QED) is 0.839. The van der Waals surface area contributed by atoms with Crippen molar-refractivity contribution >= 4 is 28.9 Å². The smallest absolute Gasteiger partial charge is 0.133 e. The highest BCUT2D eigenvalue weighted by atomic mass is 35.5. The van der Waals surface area contributed by atoms with Crippen LogP contribution in [-0.2, 0) is 7.05 Å². The Kier molecular flexibility index (Phi) is 2.70. The van der Waals surface area contributed by atoms with Gasteiger partial charge in [0.05, 0.1) is 16.4 Å². The third-order valence-corrected chi connectivity index (χ3v) is 2.46. The summed E-state index contributed by atoms with van der Waals surface area (Å²) in [6, 6.07) is 3.61. The number of aromatic nitrogens is 3. The molecule has 2 rings (SSSR count). The second-order valence-corrected chi connectivity index (χ2v) is 3.92. The zero-order valence-corrected chi connectivity index (χ0v) is 9.78. The molecule has 2 heterocycles. The minimum absolute atomic E-state index is 0.451. The zero-order valence-electron chi connectivity index (χ0n) is 9.03. The Morgan fingerprint density at radius 2 is 2.19 bits per heavy atom. The van der Waals surface area contributed by atoms with Gasteiger partial charge in [0.15, 0.2) is 0 Å². The molecule has 0 saturated heterocycles. The van der Waals surface area contributed by atoms with E-state index in [4.69, 9.17) is 17.3 Å². The predicted octanol–water partition coefficient (Wildman–Crippen LogP) is 2.10. The van der Waals surface area contributed by atoms with Crippen LogP contribution in [0, 0.1) is 6.92 Å². The number of nitrogens with two attached hydrogens (primary N) is 1. The first kappa shape index (κ1) is 10.8. The number of nitrogen functional groups attached to an aromatic ring is 1. The predicted molar refractivity (Wildman–Crippen MR) is 64.9 cm³/mol. The van der Waals surface area contributed by atoms with E-state index in [1.807, 2.05) is 20.0 Å². The van der Waals surface area contributed by atoms with Crippen LogP contribution in [0.4, 0.5) is 17.3 Å². The van der Waals surface area contributed by atoms with Gasteiger partial charge in [-0.1, -0.05) is 11.6 Å². The summed E-state index contributed by atoms with van der Waals surface area (Å²) in [5, 5.41) is 7.78. The van der Waals surface area contributed by atoms with Gasteiger partial charge in [-0.05, 0) is 6.92 Å². The Morgan fingerprint density at radius 3 is 2.75 bits per heavy atom. The maximum absolute atomic E-state index is 5.79. The molecule has 0 saturated carbocycles. The number of hydrogen-bond acceptors (Lipinski definition) is 4. The summed E-state index contributed by atoms with van der Waals surface area (Å²) in [6.45, 7) is 1.93. The topological polar surface area (TPSA) is 68.8 Å². The Hall–Kier alpha value is -1.75. The second-order valence-electron chi connectivity index (χ2n) is 3.51. The molecule has 0 amide bonds. The third-order valence-electron chi connectivity index (χ3n) is 2.14. The van der Waals surface area contributed by atoms with Crippen molar-refractivity contribution in [2.24, 2.45) is 7.05 Å². The van der Waals surface area contributed by atoms with Crippen LogP contribution in [0.1, 0.15) is 5.69 Å².